The average Bonchev–Trinajstić information content (AvgIpc) is 2.70. The first kappa shape index (κ1) is 21.8. The summed E-state index contributed by atoms with van der Waals surface area (Å²) in [7, 11) is -3.49. The number of sulfonamides is 1. The van der Waals surface area contributed by atoms with Gasteiger partial charge in [0.05, 0.1) is 11.7 Å². The van der Waals surface area contributed by atoms with Gasteiger partial charge in [-0.25, -0.2) is 12.7 Å². The van der Waals surface area contributed by atoms with Crippen LogP contribution in [0.5, 0.6) is 0 Å². The van der Waals surface area contributed by atoms with E-state index < -0.39 is 10.0 Å². The van der Waals surface area contributed by atoms with E-state index in [9.17, 15) is 13.2 Å². The van der Waals surface area contributed by atoms with Crippen molar-refractivity contribution >= 4 is 33.2 Å². The van der Waals surface area contributed by atoms with Crippen LogP contribution in [0.4, 0.5) is 5.69 Å². The monoisotopic (exact) mass is 434 g/mol. The highest BCUT2D eigenvalue weighted by atomic mass is 35.5. The van der Waals surface area contributed by atoms with Gasteiger partial charge in [-0.05, 0) is 54.2 Å². The van der Waals surface area contributed by atoms with Crippen LogP contribution in [0.3, 0.4) is 0 Å². The predicted molar refractivity (Wildman–Crippen MR) is 118 cm³/mol. The molecule has 1 saturated heterocycles. The topological polar surface area (TPSA) is 66.5 Å². The van der Waals surface area contributed by atoms with Gasteiger partial charge >= 0.3 is 0 Å². The Kier molecular flexibility index (Phi) is 6.98. The molecule has 1 atom stereocenters. The van der Waals surface area contributed by atoms with Crippen LogP contribution >= 0.6 is 11.6 Å². The Balaban J connectivity index is 1.63. The zero-order chi connectivity index (χ0) is 21.0. The highest BCUT2D eigenvalue weighted by Crippen LogP contribution is 2.24. The summed E-state index contributed by atoms with van der Waals surface area (Å²) in [5.74, 6) is -0.144. The van der Waals surface area contributed by atoms with E-state index in [4.69, 9.17) is 11.6 Å². The zero-order valence-electron chi connectivity index (χ0n) is 16.8. The van der Waals surface area contributed by atoms with Gasteiger partial charge in [0.25, 0.3) is 0 Å². The lowest BCUT2D eigenvalue weighted by Gasteiger charge is -2.31. The van der Waals surface area contributed by atoms with Crippen molar-refractivity contribution in [2.75, 3.05) is 18.4 Å². The molecular formula is C22H27ClN2O3S. The largest absolute Gasteiger partial charge is 0.326 e. The number of anilines is 1. The Morgan fingerprint density at radius 3 is 2.41 bits per heavy atom. The lowest BCUT2D eigenvalue weighted by molar-refractivity contribution is -0.120. The number of carbonyl (C=O) groups excluding carboxylic acids is 1. The number of piperidine rings is 1. The van der Waals surface area contributed by atoms with Crippen molar-refractivity contribution in [3.05, 3.63) is 64.7 Å². The summed E-state index contributed by atoms with van der Waals surface area (Å²) in [4.78, 5) is 12.7. The molecule has 0 aromatic heterocycles. The molecule has 0 radical (unpaired) electrons. The molecule has 0 saturated carbocycles. The number of hydrogen-bond acceptors (Lipinski definition) is 3. The van der Waals surface area contributed by atoms with Crippen LogP contribution in [-0.4, -0.2) is 31.7 Å². The van der Waals surface area contributed by atoms with E-state index >= 15 is 0 Å². The molecule has 0 spiro atoms. The predicted octanol–water partition coefficient (Wildman–Crippen LogP) is 4.64. The van der Waals surface area contributed by atoms with E-state index in [0.717, 1.165) is 5.69 Å². The van der Waals surface area contributed by atoms with Crippen LogP contribution in [0, 0.1) is 5.92 Å². The Morgan fingerprint density at radius 2 is 1.79 bits per heavy atom. The number of carbonyl (C=O) groups is 1. The van der Waals surface area contributed by atoms with E-state index in [1.807, 2.05) is 24.3 Å². The average molecular weight is 435 g/mol. The van der Waals surface area contributed by atoms with Crippen LogP contribution in [0.1, 0.15) is 43.7 Å². The Bertz CT molecular complexity index is 941. The summed E-state index contributed by atoms with van der Waals surface area (Å²) in [6.45, 7) is 4.90. The molecule has 29 heavy (non-hydrogen) atoms. The lowest BCUT2D eigenvalue weighted by Crippen LogP contribution is -2.44. The van der Waals surface area contributed by atoms with Crippen molar-refractivity contribution in [3.63, 3.8) is 0 Å². The van der Waals surface area contributed by atoms with Crippen LogP contribution in [0.25, 0.3) is 0 Å². The first-order valence-corrected chi connectivity index (χ1v) is 11.9. The first-order chi connectivity index (χ1) is 13.7. The minimum atomic E-state index is -3.49. The molecule has 7 heteroatoms. The third-order valence-corrected chi connectivity index (χ3v) is 7.32. The van der Waals surface area contributed by atoms with Crippen molar-refractivity contribution in [2.45, 2.75) is 38.4 Å². The number of nitrogens with zero attached hydrogens (tertiary/aromatic N) is 1. The number of halogens is 1. The maximum atomic E-state index is 12.8. The van der Waals surface area contributed by atoms with Gasteiger partial charge < -0.3 is 5.32 Å². The molecule has 1 fully saturated rings. The molecule has 156 valence electrons. The van der Waals surface area contributed by atoms with Crippen molar-refractivity contribution in [1.82, 2.24) is 4.31 Å². The fourth-order valence-corrected chi connectivity index (χ4v) is 5.22. The second kappa shape index (κ2) is 9.28. The summed E-state index contributed by atoms with van der Waals surface area (Å²) in [5, 5.41) is 3.50. The molecule has 1 N–H and O–H groups in total. The van der Waals surface area contributed by atoms with Crippen LogP contribution in [-0.2, 0) is 20.6 Å². The third kappa shape index (κ3) is 5.81. The van der Waals surface area contributed by atoms with E-state index in [1.54, 1.807) is 24.3 Å². The number of hydrogen-bond donors (Lipinski definition) is 1. The summed E-state index contributed by atoms with van der Waals surface area (Å²) in [6.07, 6.45) is 1.35. The number of nitrogens with one attached hydrogen (secondary N) is 1. The molecule has 1 aliphatic rings. The molecule has 3 rings (SSSR count). The van der Waals surface area contributed by atoms with Crippen molar-refractivity contribution in [2.24, 2.45) is 5.92 Å². The number of benzene rings is 2. The van der Waals surface area contributed by atoms with Crippen LogP contribution in [0.15, 0.2) is 48.5 Å². The molecule has 1 amide bonds. The summed E-state index contributed by atoms with van der Waals surface area (Å²) < 4.78 is 27.1. The van der Waals surface area contributed by atoms with E-state index in [2.05, 4.69) is 19.2 Å². The summed E-state index contributed by atoms with van der Waals surface area (Å²) in [6, 6.07) is 14.6. The molecule has 2 aromatic rings. The van der Waals surface area contributed by atoms with Crippen LogP contribution in [0.2, 0.25) is 5.02 Å². The van der Waals surface area contributed by atoms with E-state index in [1.165, 1.54) is 9.87 Å². The Morgan fingerprint density at radius 1 is 1.14 bits per heavy atom. The number of rotatable bonds is 6. The zero-order valence-corrected chi connectivity index (χ0v) is 18.3. The lowest BCUT2D eigenvalue weighted by atomic mass is 9.98. The molecular weight excluding hydrogens is 408 g/mol. The fourth-order valence-electron chi connectivity index (χ4n) is 3.49. The third-order valence-electron chi connectivity index (χ3n) is 5.26. The van der Waals surface area contributed by atoms with Gasteiger partial charge in [0, 0.05) is 23.8 Å². The van der Waals surface area contributed by atoms with Crippen molar-refractivity contribution < 1.29 is 13.2 Å². The van der Waals surface area contributed by atoms with Crippen LogP contribution < -0.4 is 5.32 Å². The molecule has 1 heterocycles. The minimum Gasteiger partial charge on any atom is -0.326 e. The molecule has 1 unspecified atom stereocenters. The molecule has 2 aromatic carbocycles. The summed E-state index contributed by atoms with van der Waals surface area (Å²) in [5.41, 5.74) is 2.63. The van der Waals surface area contributed by atoms with Gasteiger partial charge in [0.1, 0.15) is 0 Å². The maximum absolute atomic E-state index is 12.8. The normalized spacial score (nSPS) is 18.0. The second-order valence-electron chi connectivity index (χ2n) is 7.85. The highest BCUT2D eigenvalue weighted by Gasteiger charge is 2.32. The smallest absolute Gasteiger partial charge is 0.228 e. The fraction of sp³-hybridized carbons (Fsp3) is 0.409. The Hall–Kier alpha value is -1.89. The van der Waals surface area contributed by atoms with Gasteiger partial charge in [0.15, 0.2) is 0 Å². The second-order valence-corrected chi connectivity index (χ2v) is 10.3. The SMILES string of the molecule is CC(C)c1ccc(NC(=O)C2CCCN(S(=O)(=O)Cc3ccc(Cl)cc3)C2)cc1. The molecule has 1 aliphatic heterocycles. The van der Waals surface area contributed by atoms with Gasteiger partial charge in [-0.1, -0.05) is 49.7 Å². The summed E-state index contributed by atoms with van der Waals surface area (Å²) >= 11 is 5.87. The number of amides is 1. The van der Waals surface area contributed by atoms with Gasteiger partial charge in [-0.3, -0.25) is 4.79 Å². The minimum absolute atomic E-state index is 0.0881. The van der Waals surface area contributed by atoms with Gasteiger partial charge in [0.2, 0.25) is 15.9 Å². The molecule has 5 nitrogen and oxygen atoms in total. The van der Waals surface area contributed by atoms with E-state index in [0.29, 0.717) is 35.9 Å². The van der Waals surface area contributed by atoms with Gasteiger partial charge in [-0.2, -0.15) is 0 Å². The molecule has 0 aliphatic carbocycles. The highest BCUT2D eigenvalue weighted by molar-refractivity contribution is 7.88. The van der Waals surface area contributed by atoms with Gasteiger partial charge in [-0.15, -0.1) is 0 Å². The quantitative estimate of drug-likeness (QED) is 0.719. The van der Waals surface area contributed by atoms with E-state index in [-0.39, 0.29) is 24.1 Å². The first-order valence-electron chi connectivity index (χ1n) is 9.87. The molecule has 0 bridgehead atoms. The standard InChI is InChI=1S/C22H27ClN2O3S/c1-16(2)18-7-11-21(12-8-18)24-22(26)19-4-3-13-25(14-19)29(27,28)15-17-5-9-20(23)10-6-17/h5-12,16,19H,3-4,13-15H2,1-2H3,(H,24,26). The van der Waals surface area contributed by atoms with Crippen molar-refractivity contribution in [3.8, 4) is 0 Å². The maximum Gasteiger partial charge on any atom is 0.228 e. The van der Waals surface area contributed by atoms with Crippen molar-refractivity contribution in [1.29, 1.82) is 0 Å². The Labute approximate surface area is 178 Å².